The number of amides is 1. The fraction of sp³-hybridized carbons (Fsp3) is 0.120. The zero-order chi connectivity index (χ0) is 23.7. The Kier molecular flexibility index (Phi) is 6.12. The second-order valence-corrected chi connectivity index (χ2v) is 9.44. The summed E-state index contributed by atoms with van der Waals surface area (Å²) in [7, 11) is 0. The maximum absolute atomic E-state index is 13.4. The van der Waals surface area contributed by atoms with Crippen molar-refractivity contribution in [1.82, 2.24) is 19.2 Å². The van der Waals surface area contributed by atoms with Gasteiger partial charge < -0.3 is 5.32 Å². The van der Waals surface area contributed by atoms with Crippen LogP contribution < -0.4 is 10.9 Å². The van der Waals surface area contributed by atoms with Crippen LogP contribution in [0.5, 0.6) is 0 Å². The predicted molar refractivity (Wildman–Crippen MR) is 138 cm³/mol. The van der Waals surface area contributed by atoms with Crippen LogP contribution in [0.4, 0.5) is 5.69 Å². The van der Waals surface area contributed by atoms with E-state index in [0.29, 0.717) is 21.8 Å². The Hall–Kier alpha value is -3.56. The maximum atomic E-state index is 13.4. The molecule has 7 nitrogen and oxygen atoms in total. The van der Waals surface area contributed by atoms with Crippen molar-refractivity contribution in [3.63, 3.8) is 0 Å². The normalized spacial score (nSPS) is 11.2. The summed E-state index contributed by atoms with van der Waals surface area (Å²) in [5.74, 6) is 0.422. The van der Waals surface area contributed by atoms with Crippen LogP contribution in [0, 0.1) is 6.92 Å². The molecule has 2 aromatic heterocycles. The van der Waals surface area contributed by atoms with E-state index >= 15 is 0 Å². The summed E-state index contributed by atoms with van der Waals surface area (Å²) in [5.41, 5.74) is 3.07. The number of thioether (sulfide) groups is 2. The molecule has 1 N–H and O–H groups in total. The molecule has 0 atom stereocenters. The van der Waals surface area contributed by atoms with Crippen LogP contribution in [0.2, 0.25) is 0 Å². The highest BCUT2D eigenvalue weighted by Gasteiger charge is 2.19. The topological polar surface area (TPSA) is 81.3 Å². The Morgan fingerprint density at radius 1 is 1.00 bits per heavy atom. The van der Waals surface area contributed by atoms with E-state index in [-0.39, 0.29) is 17.2 Å². The van der Waals surface area contributed by atoms with Crippen LogP contribution in [-0.4, -0.2) is 37.1 Å². The summed E-state index contributed by atoms with van der Waals surface area (Å²) in [4.78, 5) is 27.1. The fourth-order valence-corrected chi connectivity index (χ4v) is 5.13. The van der Waals surface area contributed by atoms with Gasteiger partial charge in [-0.3, -0.25) is 14.0 Å². The van der Waals surface area contributed by atoms with Gasteiger partial charge in [-0.1, -0.05) is 48.2 Å². The van der Waals surface area contributed by atoms with Gasteiger partial charge in [0.2, 0.25) is 11.7 Å². The number of hydrogen-bond donors (Lipinski definition) is 1. The van der Waals surface area contributed by atoms with Gasteiger partial charge in [0.1, 0.15) is 0 Å². The quantitative estimate of drug-likeness (QED) is 0.347. The Morgan fingerprint density at radius 3 is 2.62 bits per heavy atom. The van der Waals surface area contributed by atoms with Crippen molar-refractivity contribution < 1.29 is 4.79 Å². The molecule has 5 aromatic rings. The van der Waals surface area contributed by atoms with Crippen LogP contribution in [0.3, 0.4) is 0 Å². The van der Waals surface area contributed by atoms with Crippen molar-refractivity contribution in [2.45, 2.75) is 17.0 Å². The standard InChI is InChI=1S/C25H21N5O2S2/c1-16-8-7-9-17(14-16)29-23(32)18-10-3-5-12-20(18)30-24(29)27-28-25(30)34-15-22(31)26-19-11-4-6-13-21(19)33-2/h3-14H,15H2,1-2H3,(H,26,31). The van der Waals surface area contributed by atoms with Crippen LogP contribution in [0.25, 0.3) is 22.4 Å². The first kappa shape index (κ1) is 22.2. The molecule has 34 heavy (non-hydrogen) atoms. The Morgan fingerprint density at radius 2 is 1.79 bits per heavy atom. The molecule has 0 aliphatic rings. The Labute approximate surface area is 204 Å². The fourth-order valence-electron chi connectivity index (χ4n) is 3.84. The lowest BCUT2D eigenvalue weighted by Crippen LogP contribution is -2.22. The van der Waals surface area contributed by atoms with E-state index in [9.17, 15) is 9.59 Å². The molecule has 0 saturated carbocycles. The maximum Gasteiger partial charge on any atom is 0.267 e. The molecule has 0 aliphatic heterocycles. The number of fused-ring (bicyclic) bond motifs is 3. The highest BCUT2D eigenvalue weighted by molar-refractivity contribution is 7.99. The lowest BCUT2D eigenvalue weighted by Gasteiger charge is -2.12. The van der Waals surface area contributed by atoms with E-state index in [1.54, 1.807) is 22.4 Å². The summed E-state index contributed by atoms with van der Waals surface area (Å²) in [6.07, 6.45) is 1.97. The summed E-state index contributed by atoms with van der Waals surface area (Å²) >= 11 is 2.86. The minimum Gasteiger partial charge on any atom is -0.324 e. The molecule has 0 bridgehead atoms. The van der Waals surface area contributed by atoms with E-state index in [0.717, 1.165) is 21.8 Å². The molecular formula is C25H21N5O2S2. The van der Waals surface area contributed by atoms with E-state index in [4.69, 9.17) is 0 Å². The lowest BCUT2D eigenvalue weighted by atomic mass is 10.2. The molecule has 1 amide bonds. The molecule has 9 heteroatoms. The average Bonchev–Trinajstić information content (AvgIpc) is 3.27. The van der Waals surface area contributed by atoms with Crippen LogP contribution in [-0.2, 0) is 4.79 Å². The molecule has 0 unspecified atom stereocenters. The van der Waals surface area contributed by atoms with Gasteiger partial charge in [-0.2, -0.15) is 0 Å². The van der Waals surface area contributed by atoms with Crippen molar-refractivity contribution >= 4 is 51.8 Å². The van der Waals surface area contributed by atoms with Crippen molar-refractivity contribution in [2.75, 3.05) is 17.3 Å². The molecule has 0 aliphatic carbocycles. The van der Waals surface area contributed by atoms with Gasteiger partial charge in [-0.05, 0) is 55.1 Å². The van der Waals surface area contributed by atoms with Gasteiger partial charge in [-0.15, -0.1) is 22.0 Å². The highest BCUT2D eigenvalue weighted by atomic mass is 32.2. The van der Waals surface area contributed by atoms with Gasteiger partial charge in [0, 0.05) is 4.90 Å². The minimum absolute atomic E-state index is 0.139. The van der Waals surface area contributed by atoms with Crippen molar-refractivity contribution in [1.29, 1.82) is 0 Å². The van der Waals surface area contributed by atoms with Gasteiger partial charge in [-0.25, -0.2) is 4.57 Å². The summed E-state index contributed by atoms with van der Waals surface area (Å²) in [6, 6.07) is 22.8. The van der Waals surface area contributed by atoms with Crippen LogP contribution >= 0.6 is 23.5 Å². The highest BCUT2D eigenvalue weighted by Crippen LogP contribution is 2.26. The van der Waals surface area contributed by atoms with E-state index in [1.807, 2.05) is 84.3 Å². The predicted octanol–water partition coefficient (Wildman–Crippen LogP) is 4.79. The summed E-state index contributed by atoms with van der Waals surface area (Å²) < 4.78 is 3.41. The van der Waals surface area contributed by atoms with Gasteiger partial charge >= 0.3 is 0 Å². The third-order valence-electron chi connectivity index (χ3n) is 5.37. The number of benzene rings is 3. The number of nitrogens with one attached hydrogen (secondary N) is 1. The average molecular weight is 488 g/mol. The second kappa shape index (κ2) is 9.36. The molecule has 5 rings (SSSR count). The zero-order valence-electron chi connectivity index (χ0n) is 18.6. The zero-order valence-corrected chi connectivity index (χ0v) is 20.2. The first-order chi connectivity index (χ1) is 16.6. The van der Waals surface area contributed by atoms with Gasteiger partial charge in [0.05, 0.1) is 28.0 Å². The second-order valence-electron chi connectivity index (χ2n) is 7.65. The first-order valence-corrected chi connectivity index (χ1v) is 12.8. The van der Waals surface area contributed by atoms with Crippen molar-refractivity contribution in [2.24, 2.45) is 0 Å². The summed E-state index contributed by atoms with van der Waals surface area (Å²) in [5, 5.41) is 12.7. The number of carbonyl (C=O) groups excluding carboxylic acids is 1. The van der Waals surface area contributed by atoms with Crippen molar-refractivity contribution in [3.8, 4) is 5.69 Å². The smallest absolute Gasteiger partial charge is 0.267 e. The molecule has 0 spiro atoms. The SMILES string of the molecule is CSc1ccccc1NC(=O)CSc1nnc2n(-c3cccc(C)c3)c(=O)c3ccccc3n12. The Balaban J connectivity index is 1.54. The molecule has 170 valence electrons. The number of rotatable bonds is 6. The van der Waals surface area contributed by atoms with E-state index < -0.39 is 0 Å². The van der Waals surface area contributed by atoms with Crippen molar-refractivity contribution in [3.05, 3.63) is 88.7 Å². The van der Waals surface area contributed by atoms with E-state index in [2.05, 4.69) is 15.5 Å². The molecule has 2 heterocycles. The lowest BCUT2D eigenvalue weighted by molar-refractivity contribution is -0.113. The monoisotopic (exact) mass is 487 g/mol. The first-order valence-electron chi connectivity index (χ1n) is 10.6. The molecule has 0 radical (unpaired) electrons. The molecule has 0 fully saturated rings. The van der Waals surface area contributed by atoms with Gasteiger partial charge in [0.15, 0.2) is 5.16 Å². The molecular weight excluding hydrogens is 466 g/mol. The van der Waals surface area contributed by atoms with Gasteiger partial charge in [0.25, 0.3) is 5.56 Å². The number of anilines is 1. The van der Waals surface area contributed by atoms with Crippen LogP contribution in [0.1, 0.15) is 5.56 Å². The minimum atomic E-state index is -0.163. The Bertz CT molecular complexity index is 1590. The van der Waals surface area contributed by atoms with E-state index in [1.165, 1.54) is 11.8 Å². The third kappa shape index (κ3) is 4.08. The number of aryl methyl sites for hydroxylation is 1. The number of hydrogen-bond acceptors (Lipinski definition) is 6. The molecule has 0 saturated heterocycles. The molecule has 3 aromatic carbocycles. The number of nitrogens with zero attached hydrogens (tertiary/aromatic N) is 4. The number of aromatic nitrogens is 4. The van der Waals surface area contributed by atoms with Crippen LogP contribution in [0.15, 0.2) is 87.6 Å². The third-order valence-corrected chi connectivity index (χ3v) is 7.09. The number of carbonyl (C=O) groups is 1. The number of para-hydroxylation sites is 2. The summed E-state index contributed by atoms with van der Waals surface area (Å²) in [6.45, 7) is 1.98. The largest absolute Gasteiger partial charge is 0.324 e.